The van der Waals surface area contributed by atoms with Crippen molar-refractivity contribution >= 4 is 12.4 Å². The van der Waals surface area contributed by atoms with Crippen molar-refractivity contribution in [3.8, 4) is 0 Å². The summed E-state index contributed by atoms with van der Waals surface area (Å²) in [6.45, 7) is 11.7. The first-order valence-corrected chi connectivity index (χ1v) is 9.78. The number of carbonyl (C=O) groups is 2. The van der Waals surface area contributed by atoms with Gasteiger partial charge in [-0.25, -0.2) is 4.79 Å². The third kappa shape index (κ3) is 5.04. The molecule has 2 saturated heterocycles. The van der Waals surface area contributed by atoms with E-state index in [1.807, 2.05) is 0 Å². The van der Waals surface area contributed by atoms with Crippen molar-refractivity contribution in [3.63, 3.8) is 0 Å². The van der Waals surface area contributed by atoms with Crippen LogP contribution in [0.4, 0.5) is 4.79 Å². The summed E-state index contributed by atoms with van der Waals surface area (Å²) in [5, 5.41) is 9.60. The molecule has 0 spiro atoms. The Balaban J connectivity index is 2.37. The molecule has 4 atom stereocenters. The Bertz CT molecular complexity index is 596. The number of aliphatic hydroxyl groups excluding tert-OH is 1. The number of hydrogen-bond donors (Lipinski definition) is 1. The zero-order chi connectivity index (χ0) is 21.1. The van der Waals surface area contributed by atoms with Crippen LogP contribution in [0.1, 0.15) is 54.4 Å². The smallest absolute Gasteiger partial charge is 0.411 e. The van der Waals surface area contributed by atoms with Crippen LogP contribution >= 0.6 is 0 Å². The fourth-order valence-electron chi connectivity index (χ4n) is 3.60. The first kappa shape index (κ1) is 22.6. The Hall–Kier alpha value is -1.64. The number of amides is 1. The van der Waals surface area contributed by atoms with Crippen molar-refractivity contribution in [2.45, 2.75) is 90.1 Å². The number of unbranched alkanes of at least 4 members (excludes halogenated alkanes) is 1. The topological polar surface area (TPSA) is 94.5 Å². The van der Waals surface area contributed by atoms with Crippen molar-refractivity contribution in [3.05, 3.63) is 11.8 Å². The zero-order valence-corrected chi connectivity index (χ0v) is 17.6. The number of hydrogen-bond acceptors (Lipinski definition) is 7. The molecule has 28 heavy (non-hydrogen) atoms. The van der Waals surface area contributed by atoms with Crippen LogP contribution in [0.25, 0.3) is 0 Å². The predicted molar refractivity (Wildman–Crippen MR) is 102 cm³/mol. The second kappa shape index (κ2) is 8.80. The molecule has 8 nitrogen and oxygen atoms in total. The normalized spacial score (nSPS) is 29.6. The van der Waals surface area contributed by atoms with Crippen LogP contribution in [0.2, 0.25) is 0 Å². The van der Waals surface area contributed by atoms with E-state index in [1.54, 1.807) is 34.6 Å². The van der Waals surface area contributed by atoms with Gasteiger partial charge in [-0.15, -0.1) is 0 Å². The monoisotopic (exact) mass is 399 g/mol. The predicted octanol–water partition coefficient (Wildman–Crippen LogP) is 2.95. The van der Waals surface area contributed by atoms with Crippen molar-refractivity contribution in [2.75, 3.05) is 13.2 Å². The van der Waals surface area contributed by atoms with Crippen molar-refractivity contribution in [1.82, 2.24) is 4.90 Å². The van der Waals surface area contributed by atoms with Gasteiger partial charge in [0.2, 0.25) is 0 Å². The van der Waals surface area contributed by atoms with Crippen LogP contribution in [0.5, 0.6) is 0 Å². The molecule has 160 valence electrons. The van der Waals surface area contributed by atoms with E-state index in [-0.39, 0.29) is 12.2 Å². The van der Waals surface area contributed by atoms with Gasteiger partial charge < -0.3 is 24.1 Å². The average molecular weight is 399 g/mol. The lowest BCUT2D eigenvalue weighted by atomic mass is 10.0. The van der Waals surface area contributed by atoms with Gasteiger partial charge in [0.05, 0.1) is 30.5 Å². The van der Waals surface area contributed by atoms with Gasteiger partial charge in [0.15, 0.2) is 12.1 Å². The van der Waals surface area contributed by atoms with Gasteiger partial charge in [-0.3, -0.25) is 9.69 Å². The molecular formula is C20H33NO7. The first-order valence-electron chi connectivity index (χ1n) is 9.78. The third-order valence-corrected chi connectivity index (χ3v) is 4.67. The minimum Gasteiger partial charge on any atom is -0.515 e. The van der Waals surface area contributed by atoms with Crippen LogP contribution in [-0.4, -0.2) is 71.3 Å². The van der Waals surface area contributed by atoms with E-state index in [4.69, 9.17) is 18.9 Å². The van der Waals surface area contributed by atoms with Gasteiger partial charge in [0, 0.05) is 6.61 Å². The van der Waals surface area contributed by atoms with E-state index in [0.29, 0.717) is 19.2 Å². The fraction of sp³-hybridized carbons (Fsp3) is 0.800. The van der Waals surface area contributed by atoms with E-state index in [9.17, 15) is 14.7 Å². The highest BCUT2D eigenvalue weighted by Gasteiger charge is 2.61. The molecule has 0 bridgehead atoms. The number of aldehydes is 1. The van der Waals surface area contributed by atoms with E-state index >= 15 is 0 Å². The van der Waals surface area contributed by atoms with Crippen LogP contribution in [0.3, 0.4) is 0 Å². The number of likely N-dealkylation sites (tertiary alicyclic amines) is 1. The highest BCUT2D eigenvalue weighted by molar-refractivity contribution is 5.79. The van der Waals surface area contributed by atoms with E-state index < -0.39 is 41.8 Å². The van der Waals surface area contributed by atoms with Crippen molar-refractivity contribution < 1.29 is 33.6 Å². The molecule has 0 aromatic heterocycles. The SMILES string of the molecule is CCCCOC[C@@H]1[C@H]2OC(C)(C)O[C@H]2C(/C(C=O)=C/O)N1C(=O)OC(C)(C)C. The summed E-state index contributed by atoms with van der Waals surface area (Å²) >= 11 is 0. The van der Waals surface area contributed by atoms with Gasteiger partial charge in [-0.1, -0.05) is 13.3 Å². The van der Waals surface area contributed by atoms with Gasteiger partial charge in [0.25, 0.3) is 0 Å². The number of fused-ring (bicyclic) bond motifs is 1. The van der Waals surface area contributed by atoms with Gasteiger partial charge >= 0.3 is 6.09 Å². The van der Waals surface area contributed by atoms with Crippen LogP contribution in [-0.2, 0) is 23.7 Å². The Labute approximate surface area is 166 Å². The van der Waals surface area contributed by atoms with Crippen molar-refractivity contribution in [1.29, 1.82) is 0 Å². The van der Waals surface area contributed by atoms with Gasteiger partial charge in [-0.2, -0.15) is 0 Å². The summed E-state index contributed by atoms with van der Waals surface area (Å²) in [6.07, 6.45) is 1.38. The molecule has 8 heteroatoms. The van der Waals surface area contributed by atoms with E-state index in [1.165, 1.54) is 4.90 Å². The maximum absolute atomic E-state index is 13.0. The molecule has 2 aliphatic rings. The van der Waals surface area contributed by atoms with Crippen LogP contribution in [0.15, 0.2) is 11.8 Å². The summed E-state index contributed by atoms with van der Waals surface area (Å²) in [6, 6.07) is -1.35. The van der Waals surface area contributed by atoms with Gasteiger partial charge in [0.1, 0.15) is 17.8 Å². The molecule has 1 N–H and O–H groups in total. The molecule has 1 amide bonds. The lowest BCUT2D eigenvalue weighted by Gasteiger charge is -2.35. The highest BCUT2D eigenvalue weighted by atomic mass is 16.8. The Morgan fingerprint density at radius 1 is 1.25 bits per heavy atom. The molecule has 0 saturated carbocycles. The minimum absolute atomic E-state index is 0.0261. The molecule has 2 rings (SSSR count). The summed E-state index contributed by atoms with van der Waals surface area (Å²) in [7, 11) is 0. The second-order valence-electron chi connectivity index (χ2n) is 8.64. The standard InChI is InChI=1S/C20H33NO7/c1-7-8-9-25-12-14-16-17(27-20(5,6)26-16)15(13(10-22)11-23)21(14)18(24)28-19(2,3)4/h10-11,14-17,22H,7-9,12H2,1-6H3/b13-10+/t14-,15?,16-,17+/m1/s1. The van der Waals surface area contributed by atoms with E-state index in [0.717, 1.165) is 12.8 Å². The molecule has 0 radical (unpaired) electrons. The van der Waals surface area contributed by atoms with E-state index in [2.05, 4.69) is 6.92 Å². The minimum atomic E-state index is -0.876. The molecule has 0 aromatic rings. The number of ether oxygens (including phenoxy) is 4. The summed E-state index contributed by atoms with van der Waals surface area (Å²) < 4.78 is 23.4. The molecule has 2 aliphatic heterocycles. The summed E-state index contributed by atoms with van der Waals surface area (Å²) in [4.78, 5) is 26.0. The highest BCUT2D eigenvalue weighted by Crippen LogP contribution is 2.43. The largest absolute Gasteiger partial charge is 0.515 e. The lowest BCUT2D eigenvalue weighted by Crippen LogP contribution is -2.50. The third-order valence-electron chi connectivity index (χ3n) is 4.67. The zero-order valence-electron chi connectivity index (χ0n) is 17.6. The van der Waals surface area contributed by atoms with Crippen LogP contribution < -0.4 is 0 Å². The molecule has 2 heterocycles. The summed E-state index contributed by atoms with van der Waals surface area (Å²) in [5.41, 5.74) is -0.698. The number of carbonyl (C=O) groups excluding carboxylic acids is 2. The van der Waals surface area contributed by atoms with Gasteiger partial charge in [-0.05, 0) is 41.0 Å². The summed E-state index contributed by atoms with van der Waals surface area (Å²) in [5.74, 6) is -0.876. The van der Waals surface area contributed by atoms with Crippen LogP contribution in [0, 0.1) is 0 Å². The molecule has 2 fully saturated rings. The first-order chi connectivity index (χ1) is 13.0. The lowest BCUT2D eigenvalue weighted by molar-refractivity contribution is -0.168. The maximum Gasteiger partial charge on any atom is 0.411 e. The Morgan fingerprint density at radius 2 is 1.89 bits per heavy atom. The Morgan fingerprint density at radius 3 is 2.43 bits per heavy atom. The van der Waals surface area contributed by atoms with Crippen molar-refractivity contribution in [2.24, 2.45) is 0 Å². The molecule has 1 unspecified atom stereocenters. The number of rotatable bonds is 7. The molecule has 0 aliphatic carbocycles. The fourth-order valence-corrected chi connectivity index (χ4v) is 3.60. The second-order valence-corrected chi connectivity index (χ2v) is 8.64. The molecular weight excluding hydrogens is 366 g/mol. The molecule has 0 aromatic carbocycles. The quantitative estimate of drug-likeness (QED) is 0.304. The number of aliphatic hydroxyl groups is 1. The number of nitrogens with zero attached hydrogens (tertiary/aromatic N) is 1. The average Bonchev–Trinajstić information content (AvgIpc) is 3.03. The Kier molecular flexibility index (Phi) is 7.12. The maximum atomic E-state index is 13.0.